The largest absolute Gasteiger partial charge is 0.478 e. The molecule has 0 saturated carbocycles. The number of rotatable bonds is 3. The molecular weight excluding hydrogens is 240 g/mol. The van der Waals surface area contributed by atoms with Crippen molar-refractivity contribution in [3.63, 3.8) is 0 Å². The monoisotopic (exact) mass is 254 g/mol. The molecule has 1 saturated heterocycles. The number of aromatic carboxylic acids is 1. The lowest BCUT2D eigenvalue weighted by Crippen LogP contribution is -2.27. The number of hydrogen-bond donors (Lipinski definition) is 1. The van der Waals surface area contributed by atoms with Crippen LogP contribution in [0.15, 0.2) is 29.2 Å². The second-order valence-corrected chi connectivity index (χ2v) is 5.70. The fraction of sp³-hybridized carbons (Fsp3) is 0.417. The molecule has 0 aliphatic carbocycles. The average molecular weight is 254 g/mol. The molecule has 92 valence electrons. The first-order chi connectivity index (χ1) is 8.18. The van der Waals surface area contributed by atoms with Gasteiger partial charge in [0, 0.05) is 11.5 Å². The molecule has 1 aromatic rings. The molecule has 4 nitrogen and oxygen atoms in total. The summed E-state index contributed by atoms with van der Waals surface area (Å²) in [6.45, 7) is 1.22. The van der Waals surface area contributed by atoms with E-state index in [9.17, 15) is 9.00 Å². The lowest BCUT2D eigenvalue weighted by atomic mass is 10.2. The Labute approximate surface area is 102 Å². The van der Waals surface area contributed by atoms with Crippen LogP contribution in [0.4, 0.5) is 0 Å². The number of ether oxygens (including phenoxy) is 1. The van der Waals surface area contributed by atoms with Crippen molar-refractivity contribution in [2.45, 2.75) is 23.0 Å². The van der Waals surface area contributed by atoms with Gasteiger partial charge in [0.2, 0.25) is 0 Å². The molecule has 1 heterocycles. The van der Waals surface area contributed by atoms with Gasteiger partial charge in [0.1, 0.15) is 0 Å². The van der Waals surface area contributed by atoms with Crippen molar-refractivity contribution in [2.75, 3.05) is 13.2 Å². The van der Waals surface area contributed by atoms with Gasteiger partial charge in [0.25, 0.3) is 0 Å². The predicted octanol–water partition coefficient (Wildman–Crippen LogP) is 1.67. The van der Waals surface area contributed by atoms with Gasteiger partial charge >= 0.3 is 5.97 Å². The van der Waals surface area contributed by atoms with E-state index in [1.807, 2.05) is 0 Å². The van der Waals surface area contributed by atoms with Gasteiger partial charge < -0.3 is 9.84 Å². The first-order valence-electron chi connectivity index (χ1n) is 5.50. The van der Waals surface area contributed by atoms with Crippen LogP contribution in [0.5, 0.6) is 0 Å². The van der Waals surface area contributed by atoms with E-state index < -0.39 is 16.8 Å². The summed E-state index contributed by atoms with van der Waals surface area (Å²) in [7, 11) is -1.19. The second kappa shape index (κ2) is 5.42. The minimum atomic E-state index is -1.19. The topological polar surface area (TPSA) is 63.6 Å². The lowest BCUT2D eigenvalue weighted by Gasteiger charge is -2.21. The van der Waals surface area contributed by atoms with E-state index in [2.05, 4.69) is 0 Å². The van der Waals surface area contributed by atoms with E-state index in [4.69, 9.17) is 9.84 Å². The molecule has 17 heavy (non-hydrogen) atoms. The highest BCUT2D eigenvalue weighted by Crippen LogP contribution is 2.19. The molecule has 1 aromatic carbocycles. The highest BCUT2D eigenvalue weighted by Gasteiger charge is 2.22. The molecule has 1 aliphatic heterocycles. The van der Waals surface area contributed by atoms with Crippen molar-refractivity contribution in [1.82, 2.24) is 0 Å². The molecule has 2 unspecified atom stereocenters. The van der Waals surface area contributed by atoms with Crippen LogP contribution in [-0.4, -0.2) is 33.7 Å². The van der Waals surface area contributed by atoms with Crippen LogP contribution in [0.25, 0.3) is 0 Å². The van der Waals surface area contributed by atoms with Gasteiger partial charge in [-0.1, -0.05) is 6.07 Å². The zero-order valence-corrected chi connectivity index (χ0v) is 10.1. The molecule has 1 N–H and O–H groups in total. The van der Waals surface area contributed by atoms with Gasteiger partial charge in [-0.15, -0.1) is 0 Å². The van der Waals surface area contributed by atoms with Crippen LogP contribution in [0.2, 0.25) is 0 Å². The van der Waals surface area contributed by atoms with Gasteiger partial charge in [-0.05, 0) is 31.0 Å². The molecule has 0 aromatic heterocycles. The van der Waals surface area contributed by atoms with Gasteiger partial charge in [0.05, 0.1) is 28.2 Å². The standard InChI is InChI=1S/C12H14O4S/c13-12(14)9-3-1-4-10(7-9)17(15)11-5-2-6-16-8-11/h1,3-4,7,11H,2,5-6,8H2,(H,13,14). The second-order valence-electron chi connectivity index (χ2n) is 3.97. The quantitative estimate of drug-likeness (QED) is 0.891. The van der Waals surface area contributed by atoms with E-state index in [1.54, 1.807) is 12.1 Å². The minimum Gasteiger partial charge on any atom is -0.478 e. The van der Waals surface area contributed by atoms with Crippen molar-refractivity contribution in [1.29, 1.82) is 0 Å². The first kappa shape index (κ1) is 12.3. The van der Waals surface area contributed by atoms with Crippen LogP contribution < -0.4 is 0 Å². The van der Waals surface area contributed by atoms with Crippen LogP contribution in [0.3, 0.4) is 0 Å². The Morgan fingerprint density at radius 2 is 2.29 bits per heavy atom. The van der Waals surface area contributed by atoms with Crippen molar-refractivity contribution >= 4 is 16.8 Å². The third-order valence-corrected chi connectivity index (χ3v) is 4.43. The van der Waals surface area contributed by atoms with E-state index in [-0.39, 0.29) is 10.8 Å². The molecule has 2 rings (SSSR count). The molecule has 1 aliphatic rings. The van der Waals surface area contributed by atoms with E-state index >= 15 is 0 Å². The summed E-state index contributed by atoms with van der Waals surface area (Å²) >= 11 is 0. The van der Waals surface area contributed by atoms with Gasteiger partial charge in [-0.25, -0.2) is 4.79 Å². The highest BCUT2D eigenvalue weighted by atomic mass is 32.2. The third-order valence-electron chi connectivity index (χ3n) is 2.73. The van der Waals surface area contributed by atoms with Gasteiger partial charge in [0.15, 0.2) is 0 Å². The Kier molecular flexibility index (Phi) is 3.91. The maximum Gasteiger partial charge on any atom is 0.335 e. The lowest BCUT2D eigenvalue weighted by molar-refractivity contribution is 0.0696. The molecular formula is C12H14O4S. The minimum absolute atomic E-state index is 0.0206. The molecule has 0 spiro atoms. The molecule has 0 radical (unpaired) electrons. The van der Waals surface area contributed by atoms with E-state index in [0.29, 0.717) is 11.5 Å². The molecule has 5 heteroatoms. The fourth-order valence-corrected chi connectivity index (χ4v) is 3.27. The summed E-state index contributed by atoms with van der Waals surface area (Å²) < 4.78 is 17.5. The number of carboxylic acids is 1. The van der Waals surface area contributed by atoms with Crippen LogP contribution in [0.1, 0.15) is 23.2 Å². The Hall–Kier alpha value is -1.20. The number of carbonyl (C=O) groups is 1. The maximum atomic E-state index is 12.2. The van der Waals surface area contributed by atoms with Crippen molar-refractivity contribution < 1.29 is 18.8 Å². The first-order valence-corrected chi connectivity index (χ1v) is 6.71. The predicted molar refractivity (Wildman–Crippen MR) is 63.7 cm³/mol. The Morgan fingerprint density at radius 1 is 1.47 bits per heavy atom. The fourth-order valence-electron chi connectivity index (χ4n) is 1.83. The molecule has 0 bridgehead atoms. The van der Waals surface area contributed by atoms with Crippen molar-refractivity contribution in [2.24, 2.45) is 0 Å². The summed E-state index contributed by atoms with van der Waals surface area (Å²) in [4.78, 5) is 11.4. The zero-order chi connectivity index (χ0) is 12.3. The molecule has 2 atom stereocenters. The third kappa shape index (κ3) is 2.92. The summed E-state index contributed by atoms with van der Waals surface area (Å²) in [5, 5.41) is 8.86. The SMILES string of the molecule is O=C(O)c1cccc(S(=O)C2CCCOC2)c1. The normalized spacial score (nSPS) is 22.0. The summed E-state index contributed by atoms with van der Waals surface area (Å²) in [5.74, 6) is -0.997. The number of hydrogen-bond acceptors (Lipinski definition) is 3. The molecule has 1 fully saturated rings. The molecule has 0 amide bonds. The summed E-state index contributed by atoms with van der Waals surface area (Å²) in [5.41, 5.74) is 0.174. The van der Waals surface area contributed by atoms with E-state index in [1.165, 1.54) is 12.1 Å². The zero-order valence-electron chi connectivity index (χ0n) is 9.30. The van der Waals surface area contributed by atoms with Crippen LogP contribution in [0, 0.1) is 0 Å². The average Bonchev–Trinajstić information content (AvgIpc) is 2.39. The van der Waals surface area contributed by atoms with Gasteiger partial charge in [-0.2, -0.15) is 0 Å². The van der Waals surface area contributed by atoms with Crippen LogP contribution in [-0.2, 0) is 15.5 Å². The summed E-state index contributed by atoms with van der Waals surface area (Å²) in [6, 6.07) is 6.31. The Morgan fingerprint density at radius 3 is 2.94 bits per heavy atom. The van der Waals surface area contributed by atoms with Crippen molar-refractivity contribution in [3.8, 4) is 0 Å². The Balaban J connectivity index is 2.18. The van der Waals surface area contributed by atoms with E-state index in [0.717, 1.165) is 19.4 Å². The smallest absolute Gasteiger partial charge is 0.335 e. The highest BCUT2D eigenvalue weighted by molar-refractivity contribution is 7.85. The maximum absolute atomic E-state index is 12.2. The summed E-state index contributed by atoms with van der Waals surface area (Å²) in [6.07, 6.45) is 1.78. The Bertz CT molecular complexity index is 438. The van der Waals surface area contributed by atoms with Crippen LogP contribution >= 0.6 is 0 Å². The van der Waals surface area contributed by atoms with Gasteiger partial charge in [-0.3, -0.25) is 4.21 Å². The number of carboxylic acid groups (broad SMARTS) is 1. The number of benzene rings is 1. The van der Waals surface area contributed by atoms with Crippen molar-refractivity contribution in [3.05, 3.63) is 29.8 Å².